The average Bonchev–Trinajstić information content (AvgIpc) is 3.12. The molecular formula is C17H35O7PSi. The fourth-order valence-corrected chi connectivity index (χ4v) is 5.33. The molecule has 2 aliphatic heterocycles. The van der Waals surface area contributed by atoms with Crippen LogP contribution in [0.15, 0.2) is 0 Å². The Bertz CT molecular complexity index is 508. The summed E-state index contributed by atoms with van der Waals surface area (Å²) in [5.41, 5.74) is 0. The maximum atomic E-state index is 12.3. The number of hydrogen-bond donors (Lipinski definition) is 1. The zero-order valence-electron chi connectivity index (χ0n) is 16.9. The molecule has 0 spiro atoms. The molecule has 9 heteroatoms. The van der Waals surface area contributed by atoms with Gasteiger partial charge in [0.05, 0.1) is 24.9 Å². The Kier molecular flexibility index (Phi) is 7.53. The first-order valence-corrected chi connectivity index (χ1v) is 13.9. The van der Waals surface area contributed by atoms with Crippen molar-refractivity contribution >= 4 is 16.1 Å². The Morgan fingerprint density at radius 3 is 2.27 bits per heavy atom. The van der Waals surface area contributed by atoms with Gasteiger partial charge in [-0.15, -0.1) is 0 Å². The maximum absolute atomic E-state index is 12.3. The van der Waals surface area contributed by atoms with E-state index in [0.717, 1.165) is 12.8 Å². The van der Waals surface area contributed by atoms with E-state index in [1.54, 1.807) is 0 Å². The number of phosphoric acid groups is 1. The quantitative estimate of drug-likeness (QED) is 0.480. The summed E-state index contributed by atoms with van der Waals surface area (Å²) in [6.45, 7) is 14.0. The monoisotopic (exact) mass is 410 g/mol. The second-order valence-corrected chi connectivity index (χ2v) is 14.8. The van der Waals surface area contributed by atoms with Crippen molar-refractivity contribution in [3.8, 4) is 0 Å². The summed E-state index contributed by atoms with van der Waals surface area (Å²) in [5, 5.41) is 0.0913. The minimum absolute atomic E-state index is 0.0164. The number of rotatable bonds is 8. The molecule has 26 heavy (non-hydrogen) atoms. The molecular weight excluding hydrogens is 375 g/mol. The predicted molar refractivity (Wildman–Crippen MR) is 102 cm³/mol. The highest BCUT2D eigenvalue weighted by atomic mass is 31.2. The average molecular weight is 411 g/mol. The van der Waals surface area contributed by atoms with Crippen LogP contribution in [0.3, 0.4) is 0 Å². The largest absolute Gasteiger partial charge is 0.472 e. The molecule has 0 radical (unpaired) electrons. The number of hydrogen-bond acceptors (Lipinski definition) is 6. The van der Waals surface area contributed by atoms with E-state index in [1.807, 2.05) is 6.92 Å². The van der Waals surface area contributed by atoms with E-state index in [1.165, 1.54) is 0 Å². The van der Waals surface area contributed by atoms with Crippen LogP contribution >= 0.6 is 7.82 Å². The van der Waals surface area contributed by atoms with Gasteiger partial charge in [-0.3, -0.25) is 9.05 Å². The smallest absolute Gasteiger partial charge is 0.411 e. The zero-order valence-corrected chi connectivity index (χ0v) is 18.8. The van der Waals surface area contributed by atoms with E-state index in [4.69, 9.17) is 22.9 Å². The van der Waals surface area contributed by atoms with E-state index < -0.39 is 22.2 Å². The van der Waals surface area contributed by atoms with Crippen LogP contribution in [0.5, 0.6) is 0 Å². The van der Waals surface area contributed by atoms with Crippen molar-refractivity contribution in [2.45, 2.75) is 89.5 Å². The first kappa shape index (κ1) is 22.5. The molecule has 2 fully saturated rings. The fraction of sp³-hybridized carbons (Fsp3) is 1.00. The van der Waals surface area contributed by atoms with Crippen LogP contribution in [0.2, 0.25) is 18.1 Å². The zero-order chi connectivity index (χ0) is 19.6. The third-order valence-corrected chi connectivity index (χ3v) is 11.1. The van der Waals surface area contributed by atoms with Crippen LogP contribution in [0.4, 0.5) is 0 Å². The third-order valence-electron chi connectivity index (χ3n) is 5.62. The molecule has 2 saturated heterocycles. The molecule has 0 saturated carbocycles. The molecule has 0 aromatic rings. The lowest BCUT2D eigenvalue weighted by atomic mass is 10.1. The molecule has 2 rings (SSSR count). The topological polar surface area (TPSA) is 83.5 Å². The Morgan fingerprint density at radius 1 is 1.12 bits per heavy atom. The van der Waals surface area contributed by atoms with Crippen molar-refractivity contribution in [2.75, 3.05) is 19.8 Å². The van der Waals surface area contributed by atoms with Crippen LogP contribution in [0.25, 0.3) is 0 Å². The Hall–Kier alpha value is 0.207. The number of phosphoric ester groups is 1. The first-order valence-electron chi connectivity index (χ1n) is 9.52. The minimum Gasteiger partial charge on any atom is -0.411 e. The molecule has 0 aromatic carbocycles. The molecule has 0 bridgehead atoms. The second-order valence-electron chi connectivity index (χ2n) is 8.63. The van der Waals surface area contributed by atoms with Gasteiger partial charge in [0, 0.05) is 19.6 Å². The minimum atomic E-state index is -4.16. The van der Waals surface area contributed by atoms with Gasteiger partial charge in [0.15, 0.2) is 8.32 Å². The van der Waals surface area contributed by atoms with E-state index in [2.05, 4.69) is 33.9 Å². The highest BCUT2D eigenvalue weighted by Crippen LogP contribution is 2.47. The van der Waals surface area contributed by atoms with Crippen LogP contribution in [-0.2, 0) is 27.5 Å². The second kappa shape index (κ2) is 8.70. The van der Waals surface area contributed by atoms with E-state index in [-0.39, 0.29) is 30.0 Å². The molecule has 7 nitrogen and oxygen atoms in total. The maximum Gasteiger partial charge on any atom is 0.472 e. The van der Waals surface area contributed by atoms with Gasteiger partial charge in [0.1, 0.15) is 6.10 Å². The highest BCUT2D eigenvalue weighted by molar-refractivity contribution is 7.47. The molecule has 2 heterocycles. The lowest BCUT2D eigenvalue weighted by Gasteiger charge is -2.39. The van der Waals surface area contributed by atoms with Crippen molar-refractivity contribution in [1.29, 1.82) is 0 Å². The van der Waals surface area contributed by atoms with Crippen molar-refractivity contribution in [3.63, 3.8) is 0 Å². The molecule has 154 valence electrons. The normalized spacial score (nSPS) is 32.7. The van der Waals surface area contributed by atoms with Crippen molar-refractivity contribution < 1.29 is 32.4 Å². The van der Waals surface area contributed by atoms with Gasteiger partial charge in [-0.2, -0.15) is 0 Å². The lowest BCUT2D eigenvalue weighted by molar-refractivity contribution is -0.00762. The van der Waals surface area contributed by atoms with Crippen LogP contribution in [0, 0.1) is 0 Å². The number of ether oxygens (including phenoxy) is 2. The SMILES string of the molecule is CC[C@H]1OCCC1OP(=O)(O)OC[C@H]1OCCC1O[Si](C)(C)C(C)(C)C. The molecule has 5 atom stereocenters. The van der Waals surface area contributed by atoms with Gasteiger partial charge < -0.3 is 18.8 Å². The highest BCUT2D eigenvalue weighted by Gasteiger charge is 2.43. The van der Waals surface area contributed by atoms with Crippen LogP contribution < -0.4 is 0 Å². The van der Waals surface area contributed by atoms with Gasteiger partial charge in [-0.25, -0.2) is 4.57 Å². The van der Waals surface area contributed by atoms with Gasteiger partial charge in [-0.05, 0) is 31.0 Å². The summed E-state index contributed by atoms with van der Waals surface area (Å²) in [7, 11) is -6.10. The molecule has 0 aromatic heterocycles. The van der Waals surface area contributed by atoms with Crippen molar-refractivity contribution in [1.82, 2.24) is 0 Å². The van der Waals surface area contributed by atoms with Crippen LogP contribution in [0.1, 0.15) is 47.0 Å². The van der Waals surface area contributed by atoms with Crippen LogP contribution in [-0.4, -0.2) is 57.4 Å². The van der Waals surface area contributed by atoms with E-state index >= 15 is 0 Å². The summed E-state index contributed by atoms with van der Waals surface area (Å²) in [6, 6.07) is 0. The molecule has 2 aliphatic rings. The van der Waals surface area contributed by atoms with Gasteiger partial charge in [0.25, 0.3) is 0 Å². The Labute approximate surface area is 158 Å². The van der Waals surface area contributed by atoms with E-state index in [9.17, 15) is 9.46 Å². The lowest BCUT2D eigenvalue weighted by Crippen LogP contribution is -2.46. The van der Waals surface area contributed by atoms with Gasteiger partial charge >= 0.3 is 7.82 Å². The summed E-state index contributed by atoms with van der Waals surface area (Å²) in [4.78, 5) is 10.1. The third kappa shape index (κ3) is 5.85. The summed E-state index contributed by atoms with van der Waals surface area (Å²) in [5.74, 6) is 0. The fourth-order valence-electron chi connectivity index (χ4n) is 2.97. The molecule has 3 unspecified atom stereocenters. The van der Waals surface area contributed by atoms with Crippen molar-refractivity contribution in [2.24, 2.45) is 0 Å². The van der Waals surface area contributed by atoms with E-state index in [0.29, 0.717) is 19.6 Å². The summed E-state index contributed by atoms with van der Waals surface area (Å²) in [6.07, 6.45) is 1.08. The first-order chi connectivity index (χ1) is 12.0. The Morgan fingerprint density at radius 2 is 1.69 bits per heavy atom. The van der Waals surface area contributed by atoms with Gasteiger partial charge in [0.2, 0.25) is 0 Å². The molecule has 0 aliphatic carbocycles. The van der Waals surface area contributed by atoms with Gasteiger partial charge in [-0.1, -0.05) is 27.7 Å². The Balaban J connectivity index is 1.88. The predicted octanol–water partition coefficient (Wildman–Crippen LogP) is 3.87. The summed E-state index contributed by atoms with van der Waals surface area (Å²) < 4.78 is 40.5. The standard InChI is InChI=1S/C17H35O7PSi/c1-7-13-14(8-10-20-13)23-25(18,19)22-12-16-15(9-11-21-16)24-26(5,6)17(2,3)4/h13-16H,7-12H2,1-6H3,(H,18,19)/t13-,14?,15?,16-/m1/s1. The summed E-state index contributed by atoms with van der Waals surface area (Å²) >= 11 is 0. The van der Waals surface area contributed by atoms with Crippen molar-refractivity contribution in [3.05, 3.63) is 0 Å². The molecule has 1 N–H and O–H groups in total. The molecule has 0 amide bonds.